The number of benzene rings is 1. The van der Waals surface area contributed by atoms with E-state index in [0.717, 1.165) is 5.52 Å². The number of sulfone groups is 1. The molecule has 4 nitrogen and oxygen atoms in total. The number of aromatic nitrogens is 1. The minimum Gasteiger partial charge on any atom is -0.395 e. The van der Waals surface area contributed by atoms with E-state index in [1.807, 2.05) is 12.1 Å². The first-order chi connectivity index (χ1) is 8.31. The molecule has 2 rings (SSSR count). The Morgan fingerprint density at radius 2 is 1.89 bits per heavy atom. The Labute approximate surface area is 107 Å². The fourth-order valence-electron chi connectivity index (χ4n) is 1.96. The van der Waals surface area contributed by atoms with Gasteiger partial charge in [0.05, 0.1) is 16.2 Å². The fourth-order valence-corrected chi connectivity index (χ4v) is 3.60. The largest absolute Gasteiger partial charge is 0.395 e. The van der Waals surface area contributed by atoms with Gasteiger partial charge in [-0.15, -0.1) is 0 Å². The molecule has 98 valence electrons. The SMILES string of the molecule is Cc1[nH]c2ccccc2c1S(=O)(=O)C(C)(C)CO. The van der Waals surface area contributed by atoms with Gasteiger partial charge in [-0.05, 0) is 26.8 Å². The molecule has 2 N–H and O–H groups in total. The molecule has 0 saturated carbocycles. The van der Waals surface area contributed by atoms with Crippen molar-refractivity contribution >= 4 is 20.7 Å². The highest BCUT2D eigenvalue weighted by Gasteiger charge is 2.38. The van der Waals surface area contributed by atoms with Crippen molar-refractivity contribution < 1.29 is 13.5 Å². The lowest BCUT2D eigenvalue weighted by Gasteiger charge is -2.22. The molecule has 5 heteroatoms. The van der Waals surface area contributed by atoms with Gasteiger partial charge in [0, 0.05) is 16.6 Å². The van der Waals surface area contributed by atoms with Crippen molar-refractivity contribution in [1.82, 2.24) is 4.98 Å². The van der Waals surface area contributed by atoms with Crippen LogP contribution in [0.15, 0.2) is 29.2 Å². The number of aliphatic hydroxyl groups is 1. The molecule has 1 aromatic heterocycles. The van der Waals surface area contributed by atoms with Gasteiger partial charge < -0.3 is 10.1 Å². The average molecular weight is 267 g/mol. The number of para-hydroxylation sites is 1. The van der Waals surface area contributed by atoms with Crippen LogP contribution in [0.4, 0.5) is 0 Å². The van der Waals surface area contributed by atoms with Gasteiger partial charge in [0.1, 0.15) is 0 Å². The van der Waals surface area contributed by atoms with Gasteiger partial charge in [-0.3, -0.25) is 0 Å². The minimum atomic E-state index is -3.58. The van der Waals surface area contributed by atoms with E-state index in [4.69, 9.17) is 0 Å². The Morgan fingerprint density at radius 3 is 2.50 bits per heavy atom. The number of H-pyrrole nitrogens is 1. The second kappa shape index (κ2) is 4.10. The second-order valence-corrected chi connectivity index (χ2v) is 7.57. The van der Waals surface area contributed by atoms with E-state index in [1.165, 1.54) is 13.8 Å². The van der Waals surface area contributed by atoms with Gasteiger partial charge in [-0.2, -0.15) is 0 Å². The van der Waals surface area contributed by atoms with E-state index in [1.54, 1.807) is 19.1 Å². The van der Waals surface area contributed by atoms with Crippen molar-refractivity contribution in [2.45, 2.75) is 30.4 Å². The molecule has 18 heavy (non-hydrogen) atoms. The number of hydrogen-bond donors (Lipinski definition) is 2. The maximum absolute atomic E-state index is 12.6. The van der Waals surface area contributed by atoms with E-state index >= 15 is 0 Å². The Kier molecular flexibility index (Phi) is 2.99. The zero-order valence-electron chi connectivity index (χ0n) is 10.7. The summed E-state index contributed by atoms with van der Waals surface area (Å²) >= 11 is 0. The number of fused-ring (bicyclic) bond motifs is 1. The molecule has 0 aliphatic carbocycles. The van der Waals surface area contributed by atoms with Crippen LogP contribution in [0.5, 0.6) is 0 Å². The predicted octanol–water partition coefficient (Wildman–Crippen LogP) is 2.02. The molecule has 0 unspecified atom stereocenters. The number of hydrogen-bond acceptors (Lipinski definition) is 3. The summed E-state index contributed by atoms with van der Waals surface area (Å²) in [5, 5.41) is 9.98. The van der Waals surface area contributed by atoms with Crippen LogP contribution in [-0.2, 0) is 9.84 Å². The smallest absolute Gasteiger partial charge is 0.188 e. The molecule has 1 aromatic carbocycles. The van der Waals surface area contributed by atoms with Gasteiger partial charge in [0.25, 0.3) is 0 Å². The molecule has 0 saturated heterocycles. The van der Waals surface area contributed by atoms with Crippen molar-refractivity contribution in [3.8, 4) is 0 Å². The summed E-state index contributed by atoms with van der Waals surface area (Å²) in [5.41, 5.74) is 1.40. The molecule has 0 spiro atoms. The lowest BCUT2D eigenvalue weighted by molar-refractivity contribution is 0.258. The van der Waals surface area contributed by atoms with Crippen LogP contribution in [0, 0.1) is 6.92 Å². The molecule has 0 aliphatic heterocycles. The van der Waals surface area contributed by atoms with Gasteiger partial charge in [-0.25, -0.2) is 8.42 Å². The molecule has 0 radical (unpaired) electrons. The van der Waals surface area contributed by atoms with Crippen molar-refractivity contribution in [2.24, 2.45) is 0 Å². The van der Waals surface area contributed by atoms with Crippen LogP contribution in [0.2, 0.25) is 0 Å². The highest BCUT2D eigenvalue weighted by molar-refractivity contribution is 7.93. The molecule has 0 atom stereocenters. The first-order valence-electron chi connectivity index (χ1n) is 5.74. The molecular formula is C13H17NO3S. The molecular weight excluding hydrogens is 250 g/mol. The molecule has 2 aromatic rings. The van der Waals surface area contributed by atoms with E-state index in [-0.39, 0.29) is 4.90 Å². The first kappa shape index (κ1) is 13.1. The summed E-state index contributed by atoms with van der Waals surface area (Å²) < 4.78 is 24.0. The fraction of sp³-hybridized carbons (Fsp3) is 0.385. The van der Waals surface area contributed by atoms with Crippen LogP contribution >= 0.6 is 0 Å². The third-order valence-electron chi connectivity index (χ3n) is 3.21. The highest BCUT2D eigenvalue weighted by Crippen LogP contribution is 2.33. The number of aliphatic hydroxyl groups excluding tert-OH is 1. The number of nitrogens with one attached hydrogen (secondary N) is 1. The minimum absolute atomic E-state index is 0.289. The molecule has 1 heterocycles. The van der Waals surface area contributed by atoms with Crippen molar-refractivity contribution in [2.75, 3.05) is 6.61 Å². The Morgan fingerprint density at radius 1 is 1.28 bits per heavy atom. The van der Waals surface area contributed by atoms with Crippen LogP contribution in [-0.4, -0.2) is 29.9 Å². The van der Waals surface area contributed by atoms with Crippen LogP contribution < -0.4 is 0 Å². The van der Waals surface area contributed by atoms with Crippen molar-refractivity contribution in [3.05, 3.63) is 30.0 Å². The van der Waals surface area contributed by atoms with Crippen molar-refractivity contribution in [3.63, 3.8) is 0 Å². The van der Waals surface area contributed by atoms with Gasteiger partial charge in [0.2, 0.25) is 0 Å². The van der Waals surface area contributed by atoms with Crippen molar-refractivity contribution in [1.29, 1.82) is 0 Å². The summed E-state index contributed by atoms with van der Waals surface area (Å²) in [6.45, 7) is 4.39. The summed E-state index contributed by atoms with van der Waals surface area (Å²) in [4.78, 5) is 3.36. The van der Waals surface area contributed by atoms with E-state index in [9.17, 15) is 13.5 Å². The van der Waals surface area contributed by atoms with E-state index < -0.39 is 21.2 Å². The monoisotopic (exact) mass is 267 g/mol. The summed E-state index contributed by atoms with van der Waals surface area (Å²) in [7, 11) is -3.58. The number of rotatable bonds is 3. The second-order valence-electron chi connectivity index (χ2n) is 5.05. The zero-order chi connectivity index (χ0) is 13.6. The molecule has 0 amide bonds. The van der Waals surface area contributed by atoms with Gasteiger partial charge in [-0.1, -0.05) is 18.2 Å². The topological polar surface area (TPSA) is 70.2 Å². The lowest BCUT2D eigenvalue weighted by atomic mass is 10.2. The van der Waals surface area contributed by atoms with Gasteiger partial charge in [0.15, 0.2) is 9.84 Å². The zero-order valence-corrected chi connectivity index (χ0v) is 11.5. The van der Waals surface area contributed by atoms with Crippen LogP contribution in [0.1, 0.15) is 19.5 Å². The Bertz CT molecular complexity index is 683. The summed E-state index contributed by atoms with van der Waals surface area (Å²) in [6.07, 6.45) is 0. The Balaban J connectivity index is 2.80. The number of aryl methyl sites for hydroxylation is 1. The average Bonchev–Trinajstić information content (AvgIpc) is 2.64. The third kappa shape index (κ3) is 1.74. The quantitative estimate of drug-likeness (QED) is 0.893. The highest BCUT2D eigenvalue weighted by atomic mass is 32.2. The molecule has 0 fully saturated rings. The van der Waals surface area contributed by atoms with E-state index in [2.05, 4.69) is 4.98 Å². The first-order valence-corrected chi connectivity index (χ1v) is 7.22. The van der Waals surface area contributed by atoms with E-state index in [0.29, 0.717) is 11.1 Å². The Hall–Kier alpha value is -1.33. The summed E-state index contributed by atoms with van der Waals surface area (Å²) in [6, 6.07) is 7.28. The lowest BCUT2D eigenvalue weighted by Crippen LogP contribution is -2.36. The summed E-state index contributed by atoms with van der Waals surface area (Å²) in [5.74, 6) is 0. The van der Waals surface area contributed by atoms with Crippen LogP contribution in [0.3, 0.4) is 0 Å². The van der Waals surface area contributed by atoms with Crippen LogP contribution in [0.25, 0.3) is 10.9 Å². The number of aromatic amines is 1. The normalized spacial score (nSPS) is 13.1. The molecule has 0 aliphatic rings. The maximum Gasteiger partial charge on any atom is 0.188 e. The standard InChI is InChI=1S/C13H17NO3S/c1-9-12(18(16,17)13(2,3)8-15)10-6-4-5-7-11(10)14-9/h4-7,14-15H,8H2,1-3H3. The van der Waals surface area contributed by atoms with Gasteiger partial charge >= 0.3 is 0 Å². The third-order valence-corrected chi connectivity index (χ3v) is 5.86. The predicted molar refractivity (Wildman–Crippen MR) is 71.4 cm³/mol. The molecule has 0 bridgehead atoms. The maximum atomic E-state index is 12.6.